The maximum Gasteiger partial charge on any atom is 0.408 e. The Labute approximate surface area is 157 Å². The molecule has 0 saturated heterocycles. The van der Waals surface area contributed by atoms with E-state index >= 15 is 0 Å². The van der Waals surface area contributed by atoms with Crippen molar-refractivity contribution in [3.63, 3.8) is 0 Å². The van der Waals surface area contributed by atoms with Crippen LogP contribution < -0.4 is 15.7 Å². The number of carbonyl (C=O) groups excluding carboxylic acids is 2. The number of ether oxygens (including phenoxy) is 2. The number of hydrogen-bond donors (Lipinski definition) is 1. The first-order chi connectivity index (χ1) is 12.4. The normalized spacial score (nSPS) is 12.6. The number of alkyl carbamates (subject to hydrolysis) is 1. The van der Waals surface area contributed by atoms with Crippen molar-refractivity contribution in [2.24, 2.45) is 0 Å². The lowest BCUT2D eigenvalue weighted by Crippen LogP contribution is -2.43. The second kappa shape index (κ2) is 7.42. The van der Waals surface area contributed by atoms with Gasteiger partial charge in [0.2, 0.25) is 0 Å². The summed E-state index contributed by atoms with van der Waals surface area (Å²) in [5, 5.41) is 3.00. The molecule has 1 aromatic heterocycles. The number of esters is 1. The molecule has 0 aliphatic heterocycles. The van der Waals surface area contributed by atoms with Crippen LogP contribution in [0.4, 0.5) is 4.79 Å². The fourth-order valence-electron chi connectivity index (χ4n) is 2.51. The molecule has 146 valence electrons. The molecule has 1 amide bonds. The number of amides is 1. The van der Waals surface area contributed by atoms with Crippen LogP contribution in [0.5, 0.6) is 5.75 Å². The topological polar surface area (TPSA) is 94.8 Å². The lowest BCUT2D eigenvalue weighted by molar-refractivity contribution is -0.136. The molecule has 1 aromatic carbocycles. The van der Waals surface area contributed by atoms with E-state index in [1.54, 1.807) is 53.7 Å². The molecule has 0 radical (unpaired) electrons. The molecule has 0 bridgehead atoms. The average Bonchev–Trinajstić information content (AvgIpc) is 2.50. The minimum atomic E-state index is -0.924. The summed E-state index contributed by atoms with van der Waals surface area (Å²) in [6, 6.07) is 2.47. The zero-order valence-electron chi connectivity index (χ0n) is 16.7. The zero-order valence-corrected chi connectivity index (χ0v) is 16.7. The van der Waals surface area contributed by atoms with Gasteiger partial charge in [-0.2, -0.15) is 0 Å². The van der Waals surface area contributed by atoms with Gasteiger partial charge in [-0.3, -0.25) is 0 Å². The van der Waals surface area contributed by atoms with Gasteiger partial charge in [0.25, 0.3) is 0 Å². The van der Waals surface area contributed by atoms with Crippen molar-refractivity contribution in [3.05, 3.63) is 39.2 Å². The molecule has 2 rings (SSSR count). The van der Waals surface area contributed by atoms with E-state index in [1.165, 1.54) is 6.92 Å². The number of nitrogens with one attached hydrogen (secondary N) is 1. The van der Waals surface area contributed by atoms with Crippen molar-refractivity contribution in [2.45, 2.75) is 60.1 Å². The summed E-state index contributed by atoms with van der Waals surface area (Å²) in [6.07, 6.45) is -0.709. The summed E-state index contributed by atoms with van der Waals surface area (Å²) in [6.45, 7) is 11.9. The highest BCUT2D eigenvalue weighted by molar-refractivity contribution is 5.91. The molecule has 1 atom stereocenters. The Morgan fingerprint density at radius 1 is 1.11 bits per heavy atom. The van der Waals surface area contributed by atoms with Gasteiger partial charge in [-0.15, -0.1) is 0 Å². The first-order valence-corrected chi connectivity index (χ1v) is 8.65. The van der Waals surface area contributed by atoms with Crippen LogP contribution >= 0.6 is 0 Å². The average molecular weight is 375 g/mol. The van der Waals surface area contributed by atoms with Gasteiger partial charge in [-0.25, -0.2) is 14.4 Å². The Morgan fingerprint density at radius 2 is 1.74 bits per heavy atom. The molecule has 2 aromatic rings. The van der Waals surface area contributed by atoms with Crippen LogP contribution in [0.3, 0.4) is 0 Å². The van der Waals surface area contributed by atoms with Gasteiger partial charge in [0.1, 0.15) is 23.0 Å². The standard InChI is InChI=1S/C20H25NO6/c1-10-8-14-16(11(2)12(3)17(22)25-14)15(9-10)26-18(23)13(4)21-19(24)27-20(5,6)7/h8-9,13H,1-7H3,(H,21,24)/t13-/m0/s1. The molecular weight excluding hydrogens is 350 g/mol. The number of aryl methyl sites for hydroxylation is 2. The Balaban J connectivity index is 2.30. The van der Waals surface area contributed by atoms with Crippen LogP contribution in [0, 0.1) is 20.8 Å². The molecule has 0 unspecified atom stereocenters. The fourth-order valence-corrected chi connectivity index (χ4v) is 2.51. The summed E-state index contributed by atoms with van der Waals surface area (Å²) in [4.78, 5) is 36.2. The molecule has 1 N–H and O–H groups in total. The molecule has 0 saturated carbocycles. The quantitative estimate of drug-likeness (QED) is 0.501. The number of carbonyl (C=O) groups is 2. The third-order valence-electron chi connectivity index (χ3n) is 3.95. The van der Waals surface area contributed by atoms with Crippen molar-refractivity contribution in [2.75, 3.05) is 0 Å². The van der Waals surface area contributed by atoms with Gasteiger partial charge in [-0.05, 0) is 71.7 Å². The van der Waals surface area contributed by atoms with Crippen molar-refractivity contribution < 1.29 is 23.5 Å². The third-order valence-corrected chi connectivity index (χ3v) is 3.95. The minimum Gasteiger partial charge on any atom is -0.444 e. The Kier molecular flexibility index (Phi) is 5.63. The van der Waals surface area contributed by atoms with Crippen LogP contribution in [-0.4, -0.2) is 23.7 Å². The SMILES string of the molecule is Cc1cc(OC(=O)[C@H](C)NC(=O)OC(C)(C)C)c2c(C)c(C)c(=O)oc2c1. The second-order valence-electron chi connectivity index (χ2n) is 7.56. The monoisotopic (exact) mass is 375 g/mol. The molecule has 0 fully saturated rings. The molecule has 0 spiro atoms. The molecular formula is C20H25NO6. The summed E-state index contributed by atoms with van der Waals surface area (Å²) in [5.41, 5.74) is 1.14. The van der Waals surface area contributed by atoms with Gasteiger partial charge in [0.15, 0.2) is 0 Å². The van der Waals surface area contributed by atoms with E-state index in [4.69, 9.17) is 13.9 Å². The Morgan fingerprint density at radius 3 is 2.33 bits per heavy atom. The van der Waals surface area contributed by atoms with E-state index in [1.807, 2.05) is 0 Å². The van der Waals surface area contributed by atoms with E-state index in [0.29, 0.717) is 22.1 Å². The van der Waals surface area contributed by atoms with E-state index in [2.05, 4.69) is 5.32 Å². The van der Waals surface area contributed by atoms with E-state index < -0.39 is 29.3 Å². The van der Waals surface area contributed by atoms with Gasteiger partial charge in [-0.1, -0.05) is 0 Å². The molecule has 1 heterocycles. The van der Waals surface area contributed by atoms with Gasteiger partial charge >= 0.3 is 17.7 Å². The summed E-state index contributed by atoms with van der Waals surface area (Å²) < 4.78 is 16.0. The van der Waals surface area contributed by atoms with Crippen LogP contribution in [0.2, 0.25) is 0 Å². The number of benzene rings is 1. The number of hydrogen-bond acceptors (Lipinski definition) is 6. The zero-order chi connectivity index (χ0) is 20.5. The predicted octanol–water partition coefficient (Wildman–Crippen LogP) is 3.54. The summed E-state index contributed by atoms with van der Waals surface area (Å²) >= 11 is 0. The van der Waals surface area contributed by atoms with Crippen LogP contribution in [0.15, 0.2) is 21.3 Å². The number of rotatable bonds is 3. The molecule has 7 heteroatoms. The van der Waals surface area contributed by atoms with Crippen LogP contribution in [0.25, 0.3) is 11.0 Å². The highest BCUT2D eigenvalue weighted by Gasteiger charge is 2.23. The van der Waals surface area contributed by atoms with Crippen LogP contribution in [-0.2, 0) is 9.53 Å². The summed E-state index contributed by atoms with van der Waals surface area (Å²) in [7, 11) is 0. The van der Waals surface area contributed by atoms with Crippen molar-refractivity contribution in [1.29, 1.82) is 0 Å². The van der Waals surface area contributed by atoms with Crippen LogP contribution in [0.1, 0.15) is 44.4 Å². The third kappa shape index (κ3) is 4.87. The summed E-state index contributed by atoms with van der Waals surface area (Å²) in [5.74, 6) is -0.381. The lowest BCUT2D eigenvalue weighted by atomic mass is 10.0. The maximum absolute atomic E-state index is 12.4. The molecule has 0 aliphatic carbocycles. The highest BCUT2D eigenvalue weighted by atomic mass is 16.6. The number of fused-ring (bicyclic) bond motifs is 1. The second-order valence-corrected chi connectivity index (χ2v) is 7.56. The Bertz CT molecular complexity index is 952. The molecule has 0 aliphatic rings. The lowest BCUT2D eigenvalue weighted by Gasteiger charge is -2.21. The van der Waals surface area contributed by atoms with Gasteiger partial charge < -0.3 is 19.2 Å². The van der Waals surface area contributed by atoms with E-state index in [-0.39, 0.29) is 5.75 Å². The first kappa shape index (κ1) is 20.5. The van der Waals surface area contributed by atoms with E-state index in [0.717, 1.165) is 5.56 Å². The van der Waals surface area contributed by atoms with Crippen molar-refractivity contribution >= 4 is 23.0 Å². The van der Waals surface area contributed by atoms with Crippen molar-refractivity contribution in [1.82, 2.24) is 5.32 Å². The first-order valence-electron chi connectivity index (χ1n) is 8.65. The molecule has 27 heavy (non-hydrogen) atoms. The fraction of sp³-hybridized carbons (Fsp3) is 0.450. The Hall–Kier alpha value is -2.83. The van der Waals surface area contributed by atoms with Gasteiger partial charge in [0.05, 0.1) is 5.39 Å². The predicted molar refractivity (Wildman–Crippen MR) is 101 cm³/mol. The maximum atomic E-state index is 12.4. The van der Waals surface area contributed by atoms with E-state index in [9.17, 15) is 14.4 Å². The van der Waals surface area contributed by atoms with Gasteiger partial charge in [0, 0.05) is 5.56 Å². The smallest absolute Gasteiger partial charge is 0.408 e. The highest BCUT2D eigenvalue weighted by Crippen LogP contribution is 2.31. The minimum absolute atomic E-state index is 0.275. The molecule has 7 nitrogen and oxygen atoms in total. The largest absolute Gasteiger partial charge is 0.444 e. The van der Waals surface area contributed by atoms with Crippen molar-refractivity contribution in [3.8, 4) is 5.75 Å².